The molecule has 0 saturated carbocycles. The fourth-order valence-corrected chi connectivity index (χ4v) is 3.81. The Morgan fingerprint density at radius 1 is 1.12 bits per heavy atom. The number of nitrogens with zero attached hydrogens (tertiary/aromatic N) is 1. The van der Waals surface area contributed by atoms with Crippen LogP contribution < -0.4 is 9.47 Å². The van der Waals surface area contributed by atoms with Crippen LogP contribution in [-0.2, 0) is 11.1 Å². The molecule has 9 heteroatoms. The van der Waals surface area contributed by atoms with Crippen molar-refractivity contribution in [3.8, 4) is 17.6 Å². The van der Waals surface area contributed by atoms with Gasteiger partial charge in [-0.05, 0) is 61.4 Å². The van der Waals surface area contributed by atoms with Crippen molar-refractivity contribution in [2.45, 2.75) is 24.4 Å². The number of hydrogen-bond acceptors (Lipinski definition) is 6. The lowest BCUT2D eigenvalue weighted by Gasteiger charge is -2.17. The highest BCUT2D eigenvalue weighted by molar-refractivity contribution is 7.99. The third-order valence-electron chi connectivity index (χ3n) is 4.39. The molecule has 1 unspecified atom stereocenters. The third kappa shape index (κ3) is 8.83. The van der Waals surface area contributed by atoms with Crippen LogP contribution >= 0.6 is 11.8 Å². The first kappa shape index (κ1) is 25.6. The van der Waals surface area contributed by atoms with E-state index in [1.807, 2.05) is 31.2 Å². The first-order chi connectivity index (χ1) is 15.3. The Hall–Kier alpha value is -2.67. The standard InChI is InChI=1S/C23H24F3NO4S/c1-17-14-21(9-10-22(17)29-12-13-31-28)32-16-18(4-2-3-11-27)15-30-20-7-5-19(6-8-20)23(24,25)26/h2-3,5-10,14,18,28H,4,12-13,15-16H2,1H3/b3-2+. The molecule has 1 atom stereocenters. The molecular formula is C23H24F3NO4S. The zero-order valence-corrected chi connectivity index (χ0v) is 18.3. The van der Waals surface area contributed by atoms with Gasteiger partial charge in [0.15, 0.2) is 0 Å². The van der Waals surface area contributed by atoms with Gasteiger partial charge in [-0.3, -0.25) is 5.26 Å². The highest BCUT2D eigenvalue weighted by Gasteiger charge is 2.30. The van der Waals surface area contributed by atoms with Crippen molar-refractivity contribution in [3.63, 3.8) is 0 Å². The molecule has 0 bridgehead atoms. The van der Waals surface area contributed by atoms with E-state index >= 15 is 0 Å². The zero-order valence-electron chi connectivity index (χ0n) is 17.5. The van der Waals surface area contributed by atoms with Gasteiger partial charge < -0.3 is 9.47 Å². The van der Waals surface area contributed by atoms with Crippen molar-refractivity contribution in [3.05, 3.63) is 65.7 Å². The SMILES string of the molecule is Cc1cc(SCC(C/C=C/C#N)COc2ccc(C(F)(F)F)cc2)ccc1OCCOO. The number of benzene rings is 2. The maximum atomic E-state index is 12.7. The molecule has 0 aliphatic rings. The lowest BCUT2D eigenvalue weighted by Crippen LogP contribution is -2.14. The minimum absolute atomic E-state index is 0.0461. The molecule has 32 heavy (non-hydrogen) atoms. The van der Waals surface area contributed by atoms with E-state index in [9.17, 15) is 13.2 Å². The summed E-state index contributed by atoms with van der Waals surface area (Å²) < 4.78 is 49.3. The van der Waals surface area contributed by atoms with Crippen LogP contribution in [0.1, 0.15) is 17.5 Å². The van der Waals surface area contributed by atoms with Crippen LogP contribution in [0.25, 0.3) is 0 Å². The summed E-state index contributed by atoms with van der Waals surface area (Å²) in [5, 5.41) is 17.1. The molecule has 2 rings (SSSR count). The van der Waals surface area contributed by atoms with Crippen LogP contribution in [0.5, 0.6) is 11.5 Å². The summed E-state index contributed by atoms with van der Waals surface area (Å²) in [7, 11) is 0. The number of allylic oxidation sites excluding steroid dienone is 2. The Bertz CT molecular complexity index is 911. The first-order valence-corrected chi connectivity index (χ1v) is 10.8. The molecule has 0 fully saturated rings. The number of alkyl halides is 3. The molecular weight excluding hydrogens is 443 g/mol. The van der Waals surface area contributed by atoms with Crippen molar-refractivity contribution in [1.82, 2.24) is 0 Å². The van der Waals surface area contributed by atoms with Gasteiger partial charge in [-0.2, -0.15) is 18.4 Å². The number of halogens is 3. The van der Waals surface area contributed by atoms with Crippen molar-refractivity contribution in [2.75, 3.05) is 25.6 Å². The van der Waals surface area contributed by atoms with Gasteiger partial charge in [-0.1, -0.05) is 6.08 Å². The van der Waals surface area contributed by atoms with Gasteiger partial charge >= 0.3 is 6.18 Å². The Kier molecular flexibility index (Phi) is 10.4. The van der Waals surface area contributed by atoms with Gasteiger partial charge in [-0.15, -0.1) is 11.8 Å². The first-order valence-electron chi connectivity index (χ1n) is 9.80. The minimum atomic E-state index is -4.38. The lowest BCUT2D eigenvalue weighted by molar-refractivity contribution is -0.245. The molecule has 0 saturated heterocycles. The van der Waals surface area contributed by atoms with E-state index in [-0.39, 0.29) is 19.1 Å². The second-order valence-electron chi connectivity index (χ2n) is 6.89. The molecule has 0 aromatic heterocycles. The average molecular weight is 468 g/mol. The molecule has 172 valence electrons. The van der Waals surface area contributed by atoms with Crippen LogP contribution in [0.2, 0.25) is 0 Å². The molecule has 2 aromatic carbocycles. The van der Waals surface area contributed by atoms with E-state index in [0.717, 1.165) is 22.6 Å². The number of hydrogen-bond donors (Lipinski definition) is 1. The lowest BCUT2D eigenvalue weighted by atomic mass is 10.1. The normalized spacial score (nSPS) is 12.5. The summed E-state index contributed by atoms with van der Waals surface area (Å²) in [6, 6.07) is 12.3. The van der Waals surface area contributed by atoms with Crippen molar-refractivity contribution < 1.29 is 32.8 Å². The van der Waals surface area contributed by atoms with Crippen molar-refractivity contribution in [2.24, 2.45) is 5.92 Å². The predicted molar refractivity (Wildman–Crippen MR) is 116 cm³/mol. The maximum Gasteiger partial charge on any atom is 0.416 e. The van der Waals surface area contributed by atoms with Crippen molar-refractivity contribution >= 4 is 11.8 Å². The molecule has 0 aliphatic heterocycles. The topological polar surface area (TPSA) is 71.7 Å². The molecule has 0 amide bonds. The van der Waals surface area contributed by atoms with Crippen LogP contribution in [-0.4, -0.2) is 30.8 Å². The fraction of sp³-hybridized carbons (Fsp3) is 0.348. The summed E-state index contributed by atoms with van der Waals surface area (Å²) in [6.45, 7) is 2.53. The van der Waals surface area contributed by atoms with E-state index in [4.69, 9.17) is 20.0 Å². The highest BCUT2D eigenvalue weighted by atomic mass is 32.2. The monoisotopic (exact) mass is 467 g/mol. The average Bonchev–Trinajstić information content (AvgIpc) is 2.76. The Balaban J connectivity index is 1.95. The summed E-state index contributed by atoms with van der Waals surface area (Å²) >= 11 is 1.61. The summed E-state index contributed by atoms with van der Waals surface area (Å²) in [5.74, 6) is 1.80. The molecule has 5 nitrogen and oxygen atoms in total. The molecule has 2 aromatic rings. The van der Waals surface area contributed by atoms with Crippen molar-refractivity contribution in [1.29, 1.82) is 5.26 Å². The summed E-state index contributed by atoms with van der Waals surface area (Å²) in [4.78, 5) is 5.02. The van der Waals surface area contributed by atoms with Gasteiger partial charge in [0, 0.05) is 22.6 Å². The van der Waals surface area contributed by atoms with Gasteiger partial charge in [-0.25, -0.2) is 4.89 Å². The Labute approximate surface area is 189 Å². The van der Waals surface area contributed by atoms with Gasteiger partial charge in [0.1, 0.15) is 24.7 Å². The van der Waals surface area contributed by atoms with E-state index in [1.54, 1.807) is 17.8 Å². The summed E-state index contributed by atoms with van der Waals surface area (Å²) in [6.07, 6.45) is -0.622. The van der Waals surface area contributed by atoms with Crippen LogP contribution in [0.3, 0.4) is 0 Å². The zero-order chi connectivity index (χ0) is 23.4. The fourth-order valence-electron chi connectivity index (χ4n) is 2.73. The number of nitriles is 1. The Morgan fingerprint density at radius 3 is 2.50 bits per heavy atom. The quantitative estimate of drug-likeness (QED) is 0.133. The highest BCUT2D eigenvalue weighted by Crippen LogP contribution is 2.31. The number of thioether (sulfide) groups is 1. The summed E-state index contributed by atoms with van der Waals surface area (Å²) in [5.41, 5.74) is 0.218. The van der Waals surface area contributed by atoms with E-state index in [2.05, 4.69) is 4.89 Å². The van der Waals surface area contributed by atoms with Crippen LogP contribution in [0.4, 0.5) is 13.2 Å². The maximum absolute atomic E-state index is 12.7. The van der Waals surface area contributed by atoms with Gasteiger partial charge in [0.2, 0.25) is 0 Å². The molecule has 1 N–H and O–H groups in total. The van der Waals surface area contributed by atoms with Crippen LogP contribution in [0.15, 0.2) is 59.5 Å². The van der Waals surface area contributed by atoms with Gasteiger partial charge in [0.05, 0.1) is 18.2 Å². The molecule has 0 heterocycles. The van der Waals surface area contributed by atoms with E-state index < -0.39 is 11.7 Å². The van der Waals surface area contributed by atoms with Crippen LogP contribution in [0, 0.1) is 24.2 Å². The largest absolute Gasteiger partial charge is 0.493 e. The smallest absolute Gasteiger partial charge is 0.416 e. The third-order valence-corrected chi connectivity index (χ3v) is 5.62. The number of aryl methyl sites for hydroxylation is 1. The number of ether oxygens (including phenoxy) is 2. The molecule has 0 radical (unpaired) electrons. The second kappa shape index (κ2) is 13.0. The van der Waals surface area contributed by atoms with Gasteiger partial charge in [0.25, 0.3) is 0 Å². The Morgan fingerprint density at radius 2 is 1.88 bits per heavy atom. The number of rotatable bonds is 12. The second-order valence-corrected chi connectivity index (χ2v) is 7.98. The molecule has 0 aliphatic carbocycles. The van der Waals surface area contributed by atoms with E-state index in [0.29, 0.717) is 30.3 Å². The molecule has 0 spiro atoms. The van der Waals surface area contributed by atoms with E-state index in [1.165, 1.54) is 18.2 Å². The predicted octanol–water partition coefficient (Wildman–Crippen LogP) is 6.14. The minimum Gasteiger partial charge on any atom is -0.493 e.